The minimum Gasteiger partial charge on any atom is -0.497 e. The SMILES string of the molecule is COc1cccc([C@H](C)NC(=O)c2sc(-c3cccc(CNCCc4ccncc4)c3)nc2C(F)(F)F)c1. The van der Waals surface area contributed by atoms with E-state index in [2.05, 4.69) is 20.6 Å². The first kappa shape index (κ1) is 27.3. The highest BCUT2D eigenvalue weighted by molar-refractivity contribution is 7.17. The van der Waals surface area contributed by atoms with Crippen molar-refractivity contribution in [2.45, 2.75) is 32.1 Å². The molecule has 0 radical (unpaired) electrons. The molecular formula is C28H27F3N4O2S. The maximum atomic E-state index is 13.9. The van der Waals surface area contributed by atoms with Crippen LogP contribution in [0, 0.1) is 0 Å². The Hall–Kier alpha value is -3.76. The average molecular weight is 541 g/mol. The van der Waals surface area contributed by atoms with Gasteiger partial charge in [-0.3, -0.25) is 9.78 Å². The van der Waals surface area contributed by atoms with Crippen LogP contribution in [0.25, 0.3) is 10.6 Å². The summed E-state index contributed by atoms with van der Waals surface area (Å²) in [6, 6.07) is 17.5. The lowest BCUT2D eigenvalue weighted by molar-refractivity contribution is -0.141. The number of amides is 1. The zero-order chi connectivity index (χ0) is 27.1. The maximum Gasteiger partial charge on any atom is 0.435 e. The van der Waals surface area contributed by atoms with Crippen LogP contribution in [0.2, 0.25) is 0 Å². The van der Waals surface area contributed by atoms with E-state index in [1.165, 1.54) is 7.11 Å². The predicted octanol–water partition coefficient (Wildman–Crippen LogP) is 6.06. The summed E-state index contributed by atoms with van der Waals surface area (Å²) in [6.45, 7) is 2.98. The van der Waals surface area contributed by atoms with Crippen LogP contribution in [-0.2, 0) is 19.1 Å². The van der Waals surface area contributed by atoms with Gasteiger partial charge >= 0.3 is 6.18 Å². The standard InChI is InChI=1S/C28H27F3N4O2S/c1-18(21-6-4-8-23(16-21)37-2)34-26(36)24-25(28(29,30)31)35-27(38-24)22-7-3-5-20(15-22)17-33-14-11-19-9-12-32-13-10-19/h3-10,12-13,15-16,18,33H,11,14,17H2,1-2H3,(H,34,36)/t18-/m0/s1. The first-order chi connectivity index (χ1) is 18.2. The normalized spacial score (nSPS) is 12.2. The van der Waals surface area contributed by atoms with Crippen molar-refractivity contribution in [1.82, 2.24) is 20.6 Å². The molecule has 0 unspecified atom stereocenters. The Labute approximate surface area is 222 Å². The molecule has 0 aliphatic carbocycles. The second kappa shape index (κ2) is 12.2. The van der Waals surface area contributed by atoms with Crippen molar-refractivity contribution >= 4 is 17.2 Å². The van der Waals surface area contributed by atoms with E-state index < -0.39 is 28.7 Å². The molecule has 38 heavy (non-hydrogen) atoms. The molecule has 10 heteroatoms. The van der Waals surface area contributed by atoms with Gasteiger partial charge in [0, 0.05) is 24.5 Å². The van der Waals surface area contributed by atoms with Crippen molar-refractivity contribution in [3.8, 4) is 16.3 Å². The summed E-state index contributed by atoms with van der Waals surface area (Å²) in [7, 11) is 1.52. The van der Waals surface area contributed by atoms with Crippen LogP contribution in [-0.4, -0.2) is 29.5 Å². The number of hydrogen-bond donors (Lipinski definition) is 2. The zero-order valence-corrected chi connectivity index (χ0v) is 21.7. The fourth-order valence-electron chi connectivity index (χ4n) is 3.88. The van der Waals surface area contributed by atoms with Gasteiger partial charge in [-0.25, -0.2) is 4.98 Å². The lowest BCUT2D eigenvalue weighted by atomic mass is 10.1. The highest BCUT2D eigenvalue weighted by Crippen LogP contribution is 2.38. The number of nitrogens with one attached hydrogen (secondary N) is 2. The topological polar surface area (TPSA) is 76.1 Å². The summed E-state index contributed by atoms with van der Waals surface area (Å²) in [5, 5.41) is 6.14. The third-order valence-corrected chi connectivity index (χ3v) is 6.99. The van der Waals surface area contributed by atoms with Gasteiger partial charge in [-0.15, -0.1) is 11.3 Å². The molecule has 2 N–H and O–H groups in total. The molecule has 0 bridgehead atoms. The van der Waals surface area contributed by atoms with Crippen LogP contribution in [0.3, 0.4) is 0 Å². The number of hydrogen-bond acceptors (Lipinski definition) is 6. The highest BCUT2D eigenvalue weighted by Gasteiger charge is 2.40. The third-order valence-electron chi connectivity index (χ3n) is 5.89. The Morgan fingerprint density at radius 3 is 2.55 bits per heavy atom. The van der Waals surface area contributed by atoms with E-state index >= 15 is 0 Å². The number of ether oxygens (including phenoxy) is 1. The number of nitrogens with zero attached hydrogens (tertiary/aromatic N) is 2. The second-order valence-electron chi connectivity index (χ2n) is 8.65. The summed E-state index contributed by atoms with van der Waals surface area (Å²) in [5.41, 5.74) is 2.11. The van der Waals surface area contributed by atoms with Crippen molar-refractivity contribution in [3.63, 3.8) is 0 Å². The number of benzene rings is 2. The van der Waals surface area contributed by atoms with E-state index in [1.807, 2.05) is 18.2 Å². The molecular weight excluding hydrogens is 513 g/mol. The van der Waals surface area contributed by atoms with Gasteiger partial charge in [0.05, 0.1) is 13.2 Å². The van der Waals surface area contributed by atoms with Crippen molar-refractivity contribution in [3.05, 3.63) is 100 Å². The van der Waals surface area contributed by atoms with Gasteiger partial charge in [0.15, 0.2) is 5.69 Å². The number of pyridine rings is 1. The lowest BCUT2D eigenvalue weighted by Crippen LogP contribution is -2.28. The van der Waals surface area contributed by atoms with Gasteiger partial charge < -0.3 is 15.4 Å². The van der Waals surface area contributed by atoms with Crippen LogP contribution in [0.15, 0.2) is 73.1 Å². The molecule has 198 valence electrons. The van der Waals surface area contributed by atoms with E-state index in [0.29, 0.717) is 23.4 Å². The van der Waals surface area contributed by atoms with Crippen LogP contribution < -0.4 is 15.4 Å². The largest absolute Gasteiger partial charge is 0.497 e. The molecule has 0 fully saturated rings. The van der Waals surface area contributed by atoms with E-state index in [0.717, 1.165) is 35.4 Å². The fourth-order valence-corrected chi connectivity index (χ4v) is 4.86. The summed E-state index contributed by atoms with van der Waals surface area (Å²) < 4.78 is 46.8. The Kier molecular flexibility index (Phi) is 8.75. The number of carbonyl (C=O) groups is 1. The number of halogens is 3. The lowest BCUT2D eigenvalue weighted by Gasteiger charge is -2.15. The summed E-state index contributed by atoms with van der Waals surface area (Å²) >= 11 is 0.733. The molecule has 0 aliphatic heterocycles. The molecule has 2 aromatic carbocycles. The molecule has 0 saturated heterocycles. The van der Waals surface area contributed by atoms with E-state index in [4.69, 9.17) is 4.74 Å². The van der Waals surface area contributed by atoms with Crippen molar-refractivity contribution in [1.29, 1.82) is 0 Å². The van der Waals surface area contributed by atoms with Crippen LogP contribution in [0.5, 0.6) is 5.75 Å². The molecule has 2 aromatic heterocycles. The van der Waals surface area contributed by atoms with Crippen LogP contribution in [0.4, 0.5) is 13.2 Å². The molecule has 0 aliphatic rings. The first-order valence-electron chi connectivity index (χ1n) is 12.0. The number of methoxy groups -OCH3 is 1. The van der Waals surface area contributed by atoms with Crippen molar-refractivity contribution in [2.24, 2.45) is 0 Å². The molecule has 1 atom stereocenters. The molecule has 0 spiro atoms. The van der Waals surface area contributed by atoms with Crippen molar-refractivity contribution in [2.75, 3.05) is 13.7 Å². The summed E-state index contributed by atoms with van der Waals surface area (Å²) in [6.07, 6.45) is -0.449. The number of aromatic nitrogens is 2. The summed E-state index contributed by atoms with van der Waals surface area (Å²) in [4.78, 5) is 20.3. The molecule has 6 nitrogen and oxygen atoms in total. The third kappa shape index (κ3) is 6.96. The molecule has 4 rings (SSSR count). The number of alkyl halides is 3. The van der Waals surface area contributed by atoms with E-state index in [9.17, 15) is 18.0 Å². The molecule has 0 saturated carbocycles. The summed E-state index contributed by atoms with van der Waals surface area (Å²) in [5.74, 6) is -0.239. The van der Waals surface area contributed by atoms with Crippen LogP contribution >= 0.6 is 11.3 Å². The molecule has 1 amide bonds. The van der Waals surface area contributed by atoms with Gasteiger partial charge in [0.1, 0.15) is 15.6 Å². The minimum atomic E-state index is -4.77. The Bertz CT molecular complexity index is 1380. The smallest absolute Gasteiger partial charge is 0.435 e. The molecule has 4 aromatic rings. The average Bonchev–Trinajstić information content (AvgIpc) is 3.39. The quantitative estimate of drug-likeness (QED) is 0.239. The van der Waals surface area contributed by atoms with Gasteiger partial charge in [-0.05, 0) is 66.9 Å². The highest BCUT2D eigenvalue weighted by atomic mass is 32.1. The number of thiazole rings is 1. The fraction of sp³-hybridized carbons (Fsp3) is 0.250. The monoisotopic (exact) mass is 540 g/mol. The van der Waals surface area contributed by atoms with E-state index in [1.54, 1.807) is 61.8 Å². The Balaban J connectivity index is 1.49. The van der Waals surface area contributed by atoms with Gasteiger partial charge in [0.25, 0.3) is 5.91 Å². The predicted molar refractivity (Wildman–Crippen MR) is 141 cm³/mol. The number of rotatable bonds is 10. The molecule has 2 heterocycles. The zero-order valence-electron chi connectivity index (χ0n) is 20.9. The first-order valence-corrected chi connectivity index (χ1v) is 12.8. The Morgan fingerprint density at radius 1 is 1.05 bits per heavy atom. The second-order valence-corrected chi connectivity index (χ2v) is 9.65. The van der Waals surface area contributed by atoms with E-state index in [-0.39, 0.29) is 5.01 Å². The minimum absolute atomic E-state index is 0.134. The van der Waals surface area contributed by atoms with Crippen molar-refractivity contribution < 1.29 is 22.7 Å². The Morgan fingerprint density at radius 2 is 1.82 bits per heavy atom. The van der Waals surface area contributed by atoms with Gasteiger partial charge in [-0.1, -0.05) is 30.3 Å². The van der Waals surface area contributed by atoms with Crippen LogP contribution in [0.1, 0.15) is 45.0 Å². The van der Waals surface area contributed by atoms with Gasteiger partial charge in [-0.2, -0.15) is 13.2 Å². The maximum absolute atomic E-state index is 13.9. The van der Waals surface area contributed by atoms with Gasteiger partial charge in [0.2, 0.25) is 0 Å². The number of carbonyl (C=O) groups excluding carboxylic acids is 1.